The molecule has 0 amide bonds. The van der Waals surface area contributed by atoms with Crippen molar-refractivity contribution in [3.8, 4) is 0 Å². The van der Waals surface area contributed by atoms with E-state index in [9.17, 15) is 0 Å². The number of aromatic nitrogens is 2. The highest BCUT2D eigenvalue weighted by Crippen LogP contribution is 2.27. The fraction of sp³-hybridized carbons (Fsp3) is 0.333. The van der Waals surface area contributed by atoms with Crippen LogP contribution in [0.4, 0.5) is 0 Å². The van der Waals surface area contributed by atoms with E-state index in [1.807, 2.05) is 24.3 Å². The van der Waals surface area contributed by atoms with Crippen LogP contribution in [-0.4, -0.2) is 10.1 Å². The van der Waals surface area contributed by atoms with Gasteiger partial charge < -0.3 is 4.52 Å². The first kappa shape index (κ1) is 13.9. The van der Waals surface area contributed by atoms with Crippen molar-refractivity contribution >= 4 is 39.3 Å². The van der Waals surface area contributed by atoms with Crippen LogP contribution in [0.25, 0.3) is 0 Å². The maximum Gasteiger partial charge on any atom is 0.240 e. The van der Waals surface area contributed by atoms with Gasteiger partial charge in [-0.1, -0.05) is 45.7 Å². The van der Waals surface area contributed by atoms with E-state index in [4.69, 9.17) is 16.1 Å². The number of hydrogen-bond acceptors (Lipinski definition) is 4. The molecule has 1 aromatic carbocycles. The zero-order valence-corrected chi connectivity index (χ0v) is 12.9. The zero-order chi connectivity index (χ0) is 13.0. The quantitative estimate of drug-likeness (QED) is 0.572. The Morgan fingerprint density at radius 3 is 3.06 bits per heavy atom. The number of rotatable bonds is 5. The minimum absolute atomic E-state index is 0.134. The van der Waals surface area contributed by atoms with E-state index >= 15 is 0 Å². The molecule has 2 aromatic rings. The smallest absolute Gasteiger partial charge is 0.240 e. The van der Waals surface area contributed by atoms with E-state index in [1.165, 1.54) is 0 Å². The summed E-state index contributed by atoms with van der Waals surface area (Å²) in [7, 11) is 0. The molecule has 0 aliphatic heterocycles. The molecule has 1 heterocycles. The molecule has 0 aliphatic rings. The third kappa shape index (κ3) is 3.73. The standard InChI is InChI=1S/C12H12BrClN2OS/c1-2-10(13)12-15-11(16-17-12)7-18-9-5-3-4-8(14)6-9/h3-6,10H,2,7H2,1H3. The van der Waals surface area contributed by atoms with E-state index in [0.29, 0.717) is 17.5 Å². The minimum Gasteiger partial charge on any atom is -0.338 e. The van der Waals surface area contributed by atoms with Crippen LogP contribution in [0.3, 0.4) is 0 Å². The lowest BCUT2D eigenvalue weighted by atomic mass is 10.3. The van der Waals surface area contributed by atoms with Crippen molar-refractivity contribution < 1.29 is 4.52 Å². The molecule has 18 heavy (non-hydrogen) atoms. The predicted octanol–water partition coefficient (Wildman–Crippen LogP) is 4.86. The van der Waals surface area contributed by atoms with E-state index in [-0.39, 0.29) is 4.83 Å². The molecule has 0 bridgehead atoms. The molecule has 0 saturated carbocycles. The molecule has 0 aliphatic carbocycles. The topological polar surface area (TPSA) is 38.9 Å². The Morgan fingerprint density at radius 1 is 1.50 bits per heavy atom. The number of thioether (sulfide) groups is 1. The molecule has 0 fully saturated rings. The van der Waals surface area contributed by atoms with Gasteiger partial charge in [0.05, 0.1) is 10.6 Å². The molecule has 2 rings (SSSR count). The summed E-state index contributed by atoms with van der Waals surface area (Å²) in [6.45, 7) is 2.06. The van der Waals surface area contributed by atoms with Gasteiger partial charge in [0.25, 0.3) is 0 Å². The van der Waals surface area contributed by atoms with Crippen LogP contribution in [-0.2, 0) is 5.75 Å². The maximum atomic E-state index is 5.92. The van der Waals surface area contributed by atoms with Crippen LogP contribution in [0.5, 0.6) is 0 Å². The molecule has 6 heteroatoms. The van der Waals surface area contributed by atoms with Gasteiger partial charge in [0.2, 0.25) is 5.89 Å². The van der Waals surface area contributed by atoms with Gasteiger partial charge >= 0.3 is 0 Å². The summed E-state index contributed by atoms with van der Waals surface area (Å²) in [6.07, 6.45) is 0.920. The monoisotopic (exact) mass is 346 g/mol. The Labute approximate surface area is 123 Å². The maximum absolute atomic E-state index is 5.92. The van der Waals surface area contributed by atoms with Gasteiger partial charge in [0.1, 0.15) is 0 Å². The molecule has 96 valence electrons. The largest absolute Gasteiger partial charge is 0.338 e. The molecule has 1 atom stereocenters. The first-order chi connectivity index (χ1) is 8.69. The van der Waals surface area contributed by atoms with Crippen molar-refractivity contribution in [3.63, 3.8) is 0 Å². The molecule has 0 radical (unpaired) electrons. The highest BCUT2D eigenvalue weighted by Gasteiger charge is 2.13. The Morgan fingerprint density at radius 2 is 2.33 bits per heavy atom. The van der Waals surface area contributed by atoms with Crippen molar-refractivity contribution in [2.45, 2.75) is 28.8 Å². The van der Waals surface area contributed by atoms with Crippen molar-refractivity contribution in [1.82, 2.24) is 10.1 Å². The minimum atomic E-state index is 0.134. The van der Waals surface area contributed by atoms with Crippen molar-refractivity contribution in [2.75, 3.05) is 0 Å². The second-order valence-electron chi connectivity index (χ2n) is 3.67. The van der Waals surface area contributed by atoms with Gasteiger partial charge in [-0.15, -0.1) is 11.8 Å². The Balaban J connectivity index is 1.96. The third-order valence-corrected chi connectivity index (χ3v) is 4.54. The number of halogens is 2. The van der Waals surface area contributed by atoms with E-state index in [0.717, 1.165) is 16.3 Å². The van der Waals surface area contributed by atoms with Gasteiger partial charge in [-0.05, 0) is 24.6 Å². The average Bonchev–Trinajstić information content (AvgIpc) is 2.84. The fourth-order valence-corrected chi connectivity index (χ4v) is 2.57. The van der Waals surface area contributed by atoms with Crippen molar-refractivity contribution in [3.05, 3.63) is 41.0 Å². The first-order valence-corrected chi connectivity index (χ1v) is 7.82. The van der Waals surface area contributed by atoms with Crippen LogP contribution in [0.15, 0.2) is 33.7 Å². The molecule has 3 nitrogen and oxygen atoms in total. The third-order valence-electron chi connectivity index (χ3n) is 2.27. The lowest BCUT2D eigenvalue weighted by Gasteiger charge is -1.98. The highest BCUT2D eigenvalue weighted by molar-refractivity contribution is 9.09. The van der Waals surface area contributed by atoms with Gasteiger partial charge in [0, 0.05) is 9.92 Å². The average molecular weight is 348 g/mol. The molecule has 0 N–H and O–H groups in total. The lowest BCUT2D eigenvalue weighted by Crippen LogP contribution is -1.89. The summed E-state index contributed by atoms with van der Waals surface area (Å²) in [5.74, 6) is 2.01. The predicted molar refractivity (Wildman–Crippen MR) is 77.3 cm³/mol. The molecule has 0 saturated heterocycles. The molecule has 0 spiro atoms. The van der Waals surface area contributed by atoms with Gasteiger partial charge in [-0.2, -0.15) is 4.98 Å². The van der Waals surface area contributed by atoms with Crippen LogP contribution >= 0.6 is 39.3 Å². The Bertz CT molecular complexity index is 520. The van der Waals surface area contributed by atoms with Crippen molar-refractivity contribution in [1.29, 1.82) is 0 Å². The van der Waals surface area contributed by atoms with Crippen LogP contribution in [0.1, 0.15) is 29.9 Å². The van der Waals surface area contributed by atoms with E-state index in [2.05, 4.69) is 33.0 Å². The summed E-state index contributed by atoms with van der Waals surface area (Å²) in [6, 6.07) is 7.72. The number of hydrogen-bond donors (Lipinski definition) is 0. The fourth-order valence-electron chi connectivity index (χ4n) is 1.33. The molecular weight excluding hydrogens is 336 g/mol. The van der Waals surface area contributed by atoms with Crippen molar-refractivity contribution in [2.24, 2.45) is 0 Å². The highest BCUT2D eigenvalue weighted by atomic mass is 79.9. The number of nitrogens with zero attached hydrogens (tertiary/aromatic N) is 2. The summed E-state index contributed by atoms with van der Waals surface area (Å²) in [5.41, 5.74) is 0. The second-order valence-corrected chi connectivity index (χ2v) is 6.26. The molecular formula is C12H12BrClN2OS. The summed E-state index contributed by atoms with van der Waals surface area (Å²) >= 11 is 11.0. The van der Waals surface area contributed by atoms with E-state index < -0.39 is 0 Å². The summed E-state index contributed by atoms with van der Waals surface area (Å²) in [4.78, 5) is 5.57. The SMILES string of the molecule is CCC(Br)c1nc(CSc2cccc(Cl)c2)no1. The Kier molecular flexibility index (Phi) is 5.09. The number of benzene rings is 1. The lowest BCUT2D eigenvalue weighted by molar-refractivity contribution is 0.372. The normalized spacial score (nSPS) is 12.6. The summed E-state index contributed by atoms with van der Waals surface area (Å²) < 4.78 is 5.18. The van der Waals surface area contributed by atoms with Gasteiger partial charge in [-0.3, -0.25) is 0 Å². The Hall–Kier alpha value is -0.520. The van der Waals surface area contributed by atoms with Crippen LogP contribution in [0, 0.1) is 0 Å². The van der Waals surface area contributed by atoms with Crippen LogP contribution in [0.2, 0.25) is 5.02 Å². The summed E-state index contributed by atoms with van der Waals surface area (Å²) in [5, 5.41) is 4.69. The molecule has 1 aromatic heterocycles. The van der Waals surface area contributed by atoms with Gasteiger partial charge in [0.15, 0.2) is 5.82 Å². The van der Waals surface area contributed by atoms with Crippen LogP contribution < -0.4 is 0 Å². The number of alkyl halides is 1. The van der Waals surface area contributed by atoms with E-state index in [1.54, 1.807) is 11.8 Å². The second kappa shape index (κ2) is 6.59. The molecule has 1 unspecified atom stereocenters. The zero-order valence-electron chi connectivity index (χ0n) is 9.77. The van der Waals surface area contributed by atoms with Gasteiger partial charge in [-0.25, -0.2) is 0 Å². The first-order valence-electron chi connectivity index (χ1n) is 5.54.